The molecular weight excluding hydrogens is 453 g/mol. The summed E-state index contributed by atoms with van der Waals surface area (Å²) in [5, 5.41) is 11.3. The van der Waals surface area contributed by atoms with Crippen molar-refractivity contribution in [1.82, 2.24) is 0 Å². The van der Waals surface area contributed by atoms with Gasteiger partial charge in [-0.3, -0.25) is 4.74 Å². The van der Waals surface area contributed by atoms with Gasteiger partial charge in [0.25, 0.3) is 11.6 Å². The van der Waals surface area contributed by atoms with Crippen molar-refractivity contribution >= 4 is 23.5 Å². The third-order valence-corrected chi connectivity index (χ3v) is 7.93. The SMILES string of the molecule is O=P12OOC[C@@]34OC56OOP(=O)(O3)O[C@]4(O)[C@]3(OO1)OP(=O)(O5)O[C@@]63OO2. The van der Waals surface area contributed by atoms with Crippen LogP contribution in [0.3, 0.4) is 0 Å². The molecule has 8 rings (SSSR count). The Morgan fingerprint density at radius 3 is 2.22 bits per heavy atom. The summed E-state index contributed by atoms with van der Waals surface area (Å²) in [6.07, 6.45) is 0. The third-order valence-electron chi connectivity index (χ3n) is 4.44. The summed E-state index contributed by atoms with van der Waals surface area (Å²) in [5.74, 6) is -15.0. The van der Waals surface area contributed by atoms with Crippen molar-refractivity contribution in [2.75, 3.05) is 6.61 Å². The summed E-state index contributed by atoms with van der Waals surface area (Å²) >= 11 is 0. The molecule has 4 unspecified atom stereocenters. The monoisotopic (exact) mass is 456 g/mol. The maximum Gasteiger partial charge on any atom is 0.556 e. The number of fused-ring (bicyclic) bond motifs is 3. The van der Waals surface area contributed by atoms with Crippen LogP contribution in [-0.2, 0) is 79.3 Å². The van der Waals surface area contributed by atoms with E-state index in [-0.39, 0.29) is 0 Å². The van der Waals surface area contributed by atoms with Gasteiger partial charge >= 0.3 is 41.0 Å². The molecule has 21 heteroatoms. The van der Waals surface area contributed by atoms with Crippen molar-refractivity contribution in [2.45, 2.75) is 29.1 Å². The highest BCUT2D eigenvalue weighted by Crippen LogP contribution is 2.88. The second-order valence-electron chi connectivity index (χ2n) is 5.90. The molecule has 0 saturated carbocycles. The van der Waals surface area contributed by atoms with Gasteiger partial charge in [0.05, 0.1) is 0 Å². The summed E-state index contributed by atoms with van der Waals surface area (Å²) in [6, 6.07) is 0. The van der Waals surface area contributed by atoms with Crippen LogP contribution >= 0.6 is 23.5 Å². The van der Waals surface area contributed by atoms with Crippen LogP contribution in [0.2, 0.25) is 0 Å². The Kier molecular flexibility index (Phi) is 2.57. The van der Waals surface area contributed by atoms with E-state index in [0.717, 1.165) is 0 Å². The maximum absolute atomic E-state index is 12.7. The molecule has 4 spiro atoms. The van der Waals surface area contributed by atoms with E-state index >= 15 is 0 Å². The second kappa shape index (κ2) is 4.13. The minimum atomic E-state index is -4.83. The van der Waals surface area contributed by atoms with Crippen LogP contribution in [0.5, 0.6) is 0 Å². The highest BCUT2D eigenvalue weighted by molar-refractivity contribution is 7.49. The van der Waals surface area contributed by atoms with Gasteiger partial charge in [-0.25, -0.2) is 41.2 Å². The van der Waals surface area contributed by atoms with Gasteiger partial charge < -0.3 is 5.11 Å². The first-order chi connectivity index (χ1) is 12.6. The molecule has 8 aliphatic rings. The number of ether oxygens (including phenoxy) is 1. The van der Waals surface area contributed by atoms with Gasteiger partial charge in [0, 0.05) is 0 Å². The Labute approximate surface area is 144 Å². The lowest BCUT2D eigenvalue weighted by molar-refractivity contribution is -0.664. The second-order valence-corrected chi connectivity index (χ2v) is 10.1. The predicted octanol–water partition coefficient (Wildman–Crippen LogP) is -0.270. The molecule has 1 N–H and O–H groups in total. The Hall–Kier alpha value is 0.0900. The largest absolute Gasteiger partial charge is 0.556 e. The van der Waals surface area contributed by atoms with Gasteiger partial charge in [-0.2, -0.15) is 14.7 Å². The number of hydrogen-bond donors (Lipinski definition) is 1. The lowest BCUT2D eigenvalue weighted by Gasteiger charge is -2.56. The van der Waals surface area contributed by atoms with E-state index in [1.165, 1.54) is 0 Å². The Morgan fingerprint density at radius 1 is 0.704 bits per heavy atom. The van der Waals surface area contributed by atoms with Crippen molar-refractivity contribution in [2.24, 2.45) is 0 Å². The zero-order chi connectivity index (χ0) is 18.6. The molecule has 18 nitrogen and oxygen atoms in total. The first-order valence-electron chi connectivity index (χ1n) is 6.76. The molecule has 7 bridgehead atoms. The molecule has 8 aliphatic heterocycles. The Balaban J connectivity index is 1.62. The predicted molar refractivity (Wildman–Crippen MR) is 58.8 cm³/mol. The van der Waals surface area contributed by atoms with E-state index in [1.54, 1.807) is 0 Å². The average molecular weight is 456 g/mol. The molecule has 0 aliphatic carbocycles. The van der Waals surface area contributed by atoms with Crippen LogP contribution in [0.15, 0.2) is 0 Å². The summed E-state index contributed by atoms with van der Waals surface area (Å²) in [5.41, 5.74) is 0. The van der Waals surface area contributed by atoms with Crippen molar-refractivity contribution in [3.8, 4) is 0 Å². The Bertz CT molecular complexity index is 949. The zero-order valence-corrected chi connectivity index (χ0v) is 14.6. The quantitative estimate of drug-likeness (QED) is 0.368. The van der Waals surface area contributed by atoms with Crippen LogP contribution in [0.4, 0.5) is 0 Å². The fourth-order valence-electron chi connectivity index (χ4n) is 3.45. The standard InChI is InChI=1S/C6H3O18P3/c7-3-2-1-11-21-27(10)22-13-4(3)5(14-23-27)6(12-2,20-25(8,18-4)19-5)15-24-26(9,16-2)17-3/h7H,1H2/t2-,3+,4+,5-,6?,25?,26?,27?/m1/s1. The highest BCUT2D eigenvalue weighted by Gasteiger charge is 3.06. The smallest absolute Gasteiger partial charge is 0.356 e. The first kappa shape index (κ1) is 16.8. The topological polar surface area (TPSA) is 201 Å². The minimum absolute atomic E-state index is 1.06. The van der Waals surface area contributed by atoms with E-state index in [0.29, 0.717) is 0 Å². The van der Waals surface area contributed by atoms with Gasteiger partial charge in [-0.1, -0.05) is 0 Å². The van der Waals surface area contributed by atoms with Crippen molar-refractivity contribution in [3.05, 3.63) is 0 Å². The minimum Gasteiger partial charge on any atom is -0.356 e. The summed E-state index contributed by atoms with van der Waals surface area (Å²) < 4.78 is 86.1. The molecule has 0 amide bonds. The summed E-state index contributed by atoms with van der Waals surface area (Å²) in [7, 11) is -14.3. The number of phosphoric acid groups is 3. The van der Waals surface area contributed by atoms with Gasteiger partial charge in [-0.15, -0.1) is 18.7 Å². The third kappa shape index (κ3) is 1.48. The number of phosphoric ester groups is 2. The molecule has 8 saturated heterocycles. The lowest BCUT2D eigenvalue weighted by atomic mass is 9.84. The molecule has 0 aromatic rings. The lowest BCUT2D eigenvalue weighted by Crippen LogP contribution is -2.88. The molecule has 150 valence electrons. The normalized spacial score (nSPS) is 70.6. The fourth-order valence-corrected chi connectivity index (χ4v) is 7.30. The number of hydrogen-bond acceptors (Lipinski definition) is 18. The first-order valence-corrected chi connectivity index (χ1v) is 11.1. The highest BCUT2D eigenvalue weighted by atomic mass is 31.2. The van der Waals surface area contributed by atoms with Crippen LogP contribution in [0.1, 0.15) is 0 Å². The van der Waals surface area contributed by atoms with Gasteiger partial charge in [0.2, 0.25) is 0 Å². The molecule has 8 heterocycles. The van der Waals surface area contributed by atoms with Gasteiger partial charge in [-0.05, 0) is 0 Å². The van der Waals surface area contributed by atoms with Crippen molar-refractivity contribution < 1.29 is 84.4 Å². The Morgan fingerprint density at radius 2 is 1.41 bits per heavy atom. The van der Waals surface area contributed by atoms with E-state index in [9.17, 15) is 18.8 Å². The number of rotatable bonds is 0. The van der Waals surface area contributed by atoms with E-state index in [4.69, 9.17) is 42.0 Å². The molecule has 0 aromatic heterocycles. The zero-order valence-electron chi connectivity index (χ0n) is 11.9. The van der Waals surface area contributed by atoms with Crippen LogP contribution in [0, 0.1) is 0 Å². The molecular formula is C6H3O18P3. The van der Waals surface area contributed by atoms with Crippen LogP contribution < -0.4 is 0 Å². The molecule has 8 fully saturated rings. The van der Waals surface area contributed by atoms with Gasteiger partial charge in [0.1, 0.15) is 6.61 Å². The van der Waals surface area contributed by atoms with E-state index < -0.39 is 59.2 Å². The van der Waals surface area contributed by atoms with Crippen molar-refractivity contribution in [3.63, 3.8) is 0 Å². The summed E-state index contributed by atoms with van der Waals surface area (Å²) in [6.45, 7) is -1.06. The maximum atomic E-state index is 12.7. The van der Waals surface area contributed by atoms with Crippen LogP contribution in [0.25, 0.3) is 0 Å². The summed E-state index contributed by atoms with van der Waals surface area (Å²) in [4.78, 5) is 19.2. The molecule has 0 radical (unpaired) electrons. The van der Waals surface area contributed by atoms with E-state index in [1.807, 2.05) is 0 Å². The van der Waals surface area contributed by atoms with Crippen molar-refractivity contribution in [1.29, 1.82) is 0 Å². The van der Waals surface area contributed by atoms with Gasteiger partial charge in [0.15, 0.2) is 0 Å². The molecule has 8 atom stereocenters. The number of aliphatic hydroxyl groups is 1. The van der Waals surface area contributed by atoms with E-state index in [2.05, 4.69) is 23.6 Å². The van der Waals surface area contributed by atoms with Crippen LogP contribution in [-0.4, -0.2) is 40.8 Å². The average Bonchev–Trinajstić information content (AvgIpc) is 3.00. The molecule has 0 aromatic carbocycles. The molecule has 27 heavy (non-hydrogen) atoms. The fraction of sp³-hybridized carbons (Fsp3) is 1.00.